The minimum absolute atomic E-state index is 0.127. The Morgan fingerprint density at radius 3 is 2.14 bits per heavy atom. The monoisotopic (exact) mass is 302 g/mol. The highest BCUT2D eigenvalue weighted by Gasteiger charge is 2.37. The molecule has 1 aromatic rings. The van der Waals surface area contributed by atoms with E-state index in [1.807, 2.05) is 6.07 Å². The minimum Gasteiger partial charge on any atom is -0.481 e. The van der Waals surface area contributed by atoms with Crippen molar-refractivity contribution >= 4 is 5.97 Å². The Kier molecular flexibility index (Phi) is 4.43. The summed E-state index contributed by atoms with van der Waals surface area (Å²) in [4.78, 5) is 11.7. The molecule has 0 aromatic heterocycles. The van der Waals surface area contributed by atoms with Crippen molar-refractivity contribution in [2.75, 3.05) is 0 Å². The van der Waals surface area contributed by atoms with E-state index in [1.54, 1.807) is 0 Å². The lowest BCUT2D eigenvalue weighted by Gasteiger charge is -2.42. The van der Waals surface area contributed by atoms with Gasteiger partial charge in [-0.3, -0.25) is 4.79 Å². The molecule has 0 bridgehead atoms. The Morgan fingerprint density at radius 1 is 1.09 bits per heavy atom. The number of aliphatic carboxylic acids is 1. The van der Waals surface area contributed by atoms with Crippen LogP contribution in [0.1, 0.15) is 83.4 Å². The van der Waals surface area contributed by atoms with Gasteiger partial charge in [0.25, 0.3) is 0 Å². The highest BCUT2D eigenvalue weighted by atomic mass is 16.4. The van der Waals surface area contributed by atoms with Gasteiger partial charge >= 0.3 is 5.97 Å². The molecule has 1 atom stereocenters. The molecule has 2 heteroatoms. The second-order valence-corrected chi connectivity index (χ2v) is 8.59. The average Bonchev–Trinajstić information content (AvgIpc) is 2.40. The van der Waals surface area contributed by atoms with Crippen molar-refractivity contribution < 1.29 is 9.90 Å². The summed E-state index contributed by atoms with van der Waals surface area (Å²) in [5.74, 6) is -0.728. The van der Waals surface area contributed by atoms with Crippen molar-refractivity contribution in [2.24, 2.45) is 5.92 Å². The molecule has 22 heavy (non-hydrogen) atoms. The van der Waals surface area contributed by atoms with E-state index in [4.69, 9.17) is 0 Å². The molecule has 2 nitrogen and oxygen atoms in total. The van der Waals surface area contributed by atoms with Crippen LogP contribution in [0.3, 0.4) is 0 Å². The predicted octanol–water partition coefficient (Wildman–Crippen LogP) is 5.25. The van der Waals surface area contributed by atoms with Gasteiger partial charge in [-0.2, -0.15) is 0 Å². The van der Waals surface area contributed by atoms with E-state index in [2.05, 4.69) is 53.7 Å². The van der Waals surface area contributed by atoms with Crippen molar-refractivity contribution in [3.63, 3.8) is 0 Å². The normalized spacial score (nSPS) is 20.5. The Bertz CT molecular complexity index is 567. The third-order valence-electron chi connectivity index (χ3n) is 5.28. The van der Waals surface area contributed by atoms with Gasteiger partial charge in [0, 0.05) is 0 Å². The lowest BCUT2D eigenvalue weighted by Crippen LogP contribution is -2.34. The lowest BCUT2D eigenvalue weighted by atomic mass is 9.62. The quantitative estimate of drug-likeness (QED) is 0.824. The van der Waals surface area contributed by atoms with E-state index < -0.39 is 11.9 Å². The third kappa shape index (κ3) is 3.21. The van der Waals surface area contributed by atoms with Crippen LogP contribution in [0, 0.1) is 5.92 Å². The van der Waals surface area contributed by atoms with Crippen LogP contribution in [0.5, 0.6) is 0 Å². The number of hydrogen-bond donors (Lipinski definition) is 1. The number of fused-ring (bicyclic) bond motifs is 1. The molecule has 0 saturated heterocycles. The fourth-order valence-corrected chi connectivity index (χ4v) is 3.67. The van der Waals surface area contributed by atoms with E-state index >= 15 is 0 Å². The first-order chi connectivity index (χ1) is 10.0. The summed E-state index contributed by atoms with van der Waals surface area (Å²) in [5, 5.41) is 9.61. The van der Waals surface area contributed by atoms with Crippen molar-refractivity contribution in [3.8, 4) is 0 Å². The Labute approximate surface area is 134 Å². The SMILES string of the molecule is CC(C)CC(C(=O)O)c1ccc2c(c1)C(C)(C)CCC2(C)C. The van der Waals surface area contributed by atoms with Crippen molar-refractivity contribution in [2.45, 2.75) is 77.6 Å². The van der Waals surface area contributed by atoms with Gasteiger partial charge in [-0.1, -0.05) is 59.7 Å². The minimum atomic E-state index is -0.707. The summed E-state index contributed by atoms with van der Waals surface area (Å²) in [6.07, 6.45) is 3.02. The molecule has 0 radical (unpaired) electrons. The van der Waals surface area contributed by atoms with E-state index in [0.717, 1.165) is 12.0 Å². The molecule has 1 aromatic carbocycles. The molecule has 0 saturated carbocycles. The van der Waals surface area contributed by atoms with Gasteiger partial charge in [-0.25, -0.2) is 0 Å². The Morgan fingerprint density at radius 2 is 1.64 bits per heavy atom. The summed E-state index contributed by atoms with van der Waals surface area (Å²) < 4.78 is 0. The van der Waals surface area contributed by atoms with Crippen LogP contribution < -0.4 is 0 Å². The molecule has 1 aliphatic rings. The van der Waals surface area contributed by atoms with Gasteiger partial charge in [-0.05, 0) is 52.7 Å². The fraction of sp³-hybridized carbons (Fsp3) is 0.650. The summed E-state index contributed by atoms with van der Waals surface area (Å²) in [5.41, 5.74) is 4.00. The molecule has 0 amide bonds. The average molecular weight is 302 g/mol. The largest absolute Gasteiger partial charge is 0.481 e. The molecule has 1 N–H and O–H groups in total. The molecule has 2 rings (SSSR count). The van der Waals surface area contributed by atoms with Crippen LogP contribution in [-0.4, -0.2) is 11.1 Å². The maximum Gasteiger partial charge on any atom is 0.310 e. The van der Waals surface area contributed by atoms with Gasteiger partial charge in [0.05, 0.1) is 5.92 Å². The summed E-state index contributed by atoms with van der Waals surface area (Å²) in [6, 6.07) is 6.41. The summed E-state index contributed by atoms with van der Waals surface area (Å²) >= 11 is 0. The number of benzene rings is 1. The number of carboxylic acid groups (broad SMARTS) is 1. The fourth-order valence-electron chi connectivity index (χ4n) is 3.67. The van der Waals surface area contributed by atoms with Crippen LogP contribution in [0.2, 0.25) is 0 Å². The Balaban J connectivity index is 2.51. The van der Waals surface area contributed by atoms with Gasteiger partial charge in [0.1, 0.15) is 0 Å². The second kappa shape index (κ2) is 5.72. The number of rotatable bonds is 4. The first-order valence-electron chi connectivity index (χ1n) is 8.42. The zero-order valence-electron chi connectivity index (χ0n) is 14.9. The zero-order valence-corrected chi connectivity index (χ0v) is 14.9. The summed E-state index contributed by atoms with van der Waals surface area (Å²) in [6.45, 7) is 13.3. The summed E-state index contributed by atoms with van der Waals surface area (Å²) in [7, 11) is 0. The number of hydrogen-bond acceptors (Lipinski definition) is 1. The van der Waals surface area contributed by atoms with Crippen LogP contribution in [0.25, 0.3) is 0 Å². The first-order valence-corrected chi connectivity index (χ1v) is 8.42. The topological polar surface area (TPSA) is 37.3 Å². The highest BCUT2D eigenvalue weighted by molar-refractivity contribution is 5.76. The van der Waals surface area contributed by atoms with Gasteiger partial charge in [-0.15, -0.1) is 0 Å². The molecule has 1 aliphatic carbocycles. The molecule has 0 spiro atoms. The van der Waals surface area contributed by atoms with Gasteiger partial charge in [0.15, 0.2) is 0 Å². The van der Waals surface area contributed by atoms with Crippen LogP contribution >= 0.6 is 0 Å². The van der Waals surface area contributed by atoms with E-state index in [9.17, 15) is 9.90 Å². The predicted molar refractivity (Wildman–Crippen MR) is 91.6 cm³/mol. The van der Waals surface area contributed by atoms with Crippen LogP contribution in [-0.2, 0) is 15.6 Å². The van der Waals surface area contributed by atoms with Crippen molar-refractivity contribution in [1.82, 2.24) is 0 Å². The van der Waals surface area contributed by atoms with Gasteiger partial charge in [0.2, 0.25) is 0 Å². The number of carboxylic acids is 1. The Hall–Kier alpha value is -1.31. The highest BCUT2D eigenvalue weighted by Crippen LogP contribution is 2.46. The van der Waals surface area contributed by atoms with E-state index in [0.29, 0.717) is 12.3 Å². The lowest BCUT2D eigenvalue weighted by molar-refractivity contribution is -0.139. The molecule has 0 heterocycles. The zero-order chi connectivity index (χ0) is 16.7. The third-order valence-corrected chi connectivity index (χ3v) is 5.28. The number of carbonyl (C=O) groups is 1. The first kappa shape index (κ1) is 17.1. The van der Waals surface area contributed by atoms with Crippen LogP contribution in [0.15, 0.2) is 18.2 Å². The van der Waals surface area contributed by atoms with Crippen molar-refractivity contribution in [3.05, 3.63) is 34.9 Å². The molecule has 122 valence electrons. The smallest absolute Gasteiger partial charge is 0.310 e. The maximum atomic E-state index is 11.7. The van der Waals surface area contributed by atoms with E-state index in [-0.39, 0.29) is 10.8 Å². The molecule has 1 unspecified atom stereocenters. The molecule has 0 fully saturated rings. The standard InChI is InChI=1S/C20H30O2/c1-13(2)11-15(18(21)22)14-7-8-16-17(12-14)20(5,6)10-9-19(16,3)4/h7-8,12-13,15H,9-11H2,1-6H3,(H,21,22). The van der Waals surface area contributed by atoms with Crippen molar-refractivity contribution in [1.29, 1.82) is 0 Å². The molecule has 0 aliphatic heterocycles. The van der Waals surface area contributed by atoms with E-state index in [1.165, 1.54) is 17.5 Å². The maximum absolute atomic E-state index is 11.7. The second-order valence-electron chi connectivity index (χ2n) is 8.59. The van der Waals surface area contributed by atoms with Crippen LogP contribution in [0.4, 0.5) is 0 Å². The molecular formula is C20H30O2. The molecular weight excluding hydrogens is 272 g/mol. The van der Waals surface area contributed by atoms with Gasteiger partial charge < -0.3 is 5.11 Å².